The molecule has 0 amide bonds. The average Bonchev–Trinajstić information content (AvgIpc) is 2.83. The van der Waals surface area contributed by atoms with E-state index in [0.717, 1.165) is 27.9 Å². The van der Waals surface area contributed by atoms with Crippen molar-refractivity contribution in [2.45, 2.75) is 6.92 Å². The van der Waals surface area contributed by atoms with E-state index in [0.29, 0.717) is 9.72 Å². The normalized spacial score (nSPS) is 10.9. The Hall–Kier alpha value is -1.71. The van der Waals surface area contributed by atoms with E-state index in [-0.39, 0.29) is 5.82 Å². The fraction of sp³-hybridized carbons (Fsp3) is 0.0625. The van der Waals surface area contributed by atoms with Crippen molar-refractivity contribution in [1.29, 1.82) is 0 Å². The number of pyridine rings is 1. The highest BCUT2D eigenvalue weighted by molar-refractivity contribution is 7.17. The SMILES string of the molecule is C=C(C)c1cc(Cl)cc(-c2csc3c(F)cccc23)n1. The van der Waals surface area contributed by atoms with Gasteiger partial charge in [0.05, 0.1) is 16.1 Å². The molecule has 2 aromatic heterocycles. The van der Waals surface area contributed by atoms with Crippen molar-refractivity contribution >= 4 is 38.6 Å². The Morgan fingerprint density at radius 1 is 1.35 bits per heavy atom. The average molecular weight is 304 g/mol. The fourth-order valence-electron chi connectivity index (χ4n) is 2.07. The van der Waals surface area contributed by atoms with Crippen LogP contribution < -0.4 is 0 Å². The Morgan fingerprint density at radius 3 is 2.90 bits per heavy atom. The van der Waals surface area contributed by atoms with Crippen LogP contribution in [0, 0.1) is 5.82 Å². The van der Waals surface area contributed by atoms with Gasteiger partial charge < -0.3 is 0 Å². The molecule has 0 saturated carbocycles. The molecule has 0 spiro atoms. The second-order valence-electron chi connectivity index (χ2n) is 4.60. The second kappa shape index (κ2) is 5.00. The Balaban J connectivity index is 2.26. The summed E-state index contributed by atoms with van der Waals surface area (Å²) in [6.07, 6.45) is 0. The van der Waals surface area contributed by atoms with E-state index in [1.54, 1.807) is 18.2 Å². The molecule has 0 radical (unpaired) electrons. The van der Waals surface area contributed by atoms with Crippen LogP contribution in [-0.4, -0.2) is 4.98 Å². The molecule has 2 heterocycles. The maximum absolute atomic E-state index is 13.8. The number of allylic oxidation sites excluding steroid dienone is 1. The molecular formula is C16H11ClFNS. The Bertz CT molecular complexity index is 822. The van der Waals surface area contributed by atoms with Crippen LogP contribution >= 0.6 is 22.9 Å². The summed E-state index contributed by atoms with van der Waals surface area (Å²) in [4.78, 5) is 4.56. The molecule has 0 saturated heterocycles. The largest absolute Gasteiger partial charge is 0.248 e. The molecule has 0 aliphatic rings. The van der Waals surface area contributed by atoms with Gasteiger partial charge in [0.1, 0.15) is 5.82 Å². The van der Waals surface area contributed by atoms with Crippen molar-refractivity contribution in [1.82, 2.24) is 4.98 Å². The van der Waals surface area contributed by atoms with Gasteiger partial charge >= 0.3 is 0 Å². The lowest BCUT2D eigenvalue weighted by molar-refractivity contribution is 0.642. The van der Waals surface area contributed by atoms with E-state index in [9.17, 15) is 4.39 Å². The molecule has 0 aliphatic heterocycles. The highest BCUT2D eigenvalue weighted by atomic mass is 35.5. The molecule has 3 aromatic rings. The number of rotatable bonds is 2. The minimum atomic E-state index is -0.207. The number of fused-ring (bicyclic) bond motifs is 1. The first-order chi connectivity index (χ1) is 9.56. The zero-order valence-electron chi connectivity index (χ0n) is 10.8. The molecule has 1 aromatic carbocycles. The first kappa shape index (κ1) is 13.3. The standard InChI is InChI=1S/C16H11ClFNS/c1-9(2)14-6-10(17)7-15(19-14)12-8-20-16-11(12)4-3-5-13(16)18/h3-8H,1H2,2H3. The lowest BCUT2D eigenvalue weighted by Crippen LogP contribution is -1.89. The summed E-state index contributed by atoms with van der Waals surface area (Å²) in [7, 11) is 0. The van der Waals surface area contributed by atoms with Gasteiger partial charge in [-0.2, -0.15) is 0 Å². The van der Waals surface area contributed by atoms with Crippen LogP contribution in [0.15, 0.2) is 42.3 Å². The third-order valence-electron chi connectivity index (χ3n) is 3.06. The van der Waals surface area contributed by atoms with Crippen molar-refractivity contribution in [3.8, 4) is 11.3 Å². The molecule has 0 bridgehead atoms. The van der Waals surface area contributed by atoms with E-state index in [2.05, 4.69) is 11.6 Å². The second-order valence-corrected chi connectivity index (χ2v) is 5.92. The van der Waals surface area contributed by atoms with Gasteiger partial charge in [-0.25, -0.2) is 9.37 Å². The summed E-state index contributed by atoms with van der Waals surface area (Å²) in [6, 6.07) is 8.64. The summed E-state index contributed by atoms with van der Waals surface area (Å²) in [5, 5.41) is 3.37. The summed E-state index contributed by atoms with van der Waals surface area (Å²) in [6.45, 7) is 5.77. The summed E-state index contributed by atoms with van der Waals surface area (Å²) >= 11 is 7.52. The molecule has 3 rings (SSSR count). The van der Waals surface area contributed by atoms with Crippen LogP contribution in [0.1, 0.15) is 12.6 Å². The van der Waals surface area contributed by atoms with Crippen LogP contribution in [0.2, 0.25) is 5.02 Å². The monoisotopic (exact) mass is 303 g/mol. The predicted octanol–water partition coefficient (Wildman–Crippen LogP) is 5.79. The minimum Gasteiger partial charge on any atom is -0.248 e. The van der Waals surface area contributed by atoms with Gasteiger partial charge in [-0.3, -0.25) is 0 Å². The van der Waals surface area contributed by atoms with Gasteiger partial charge in [-0.05, 0) is 30.7 Å². The number of aromatic nitrogens is 1. The number of hydrogen-bond acceptors (Lipinski definition) is 2. The molecule has 0 fully saturated rings. The van der Waals surface area contributed by atoms with Gasteiger partial charge in [-0.15, -0.1) is 11.3 Å². The highest BCUT2D eigenvalue weighted by Gasteiger charge is 2.12. The van der Waals surface area contributed by atoms with Crippen molar-refractivity contribution in [3.05, 3.63) is 58.8 Å². The Kier molecular flexibility index (Phi) is 3.32. The van der Waals surface area contributed by atoms with Gasteiger partial charge in [0, 0.05) is 21.4 Å². The fourth-order valence-corrected chi connectivity index (χ4v) is 3.25. The van der Waals surface area contributed by atoms with Crippen LogP contribution in [-0.2, 0) is 0 Å². The number of hydrogen-bond donors (Lipinski definition) is 0. The van der Waals surface area contributed by atoms with E-state index in [1.165, 1.54) is 17.4 Å². The summed E-state index contributed by atoms with van der Waals surface area (Å²) < 4.78 is 14.4. The van der Waals surface area contributed by atoms with E-state index in [1.807, 2.05) is 18.4 Å². The van der Waals surface area contributed by atoms with Crippen LogP contribution in [0.3, 0.4) is 0 Å². The quantitative estimate of drug-likeness (QED) is 0.584. The van der Waals surface area contributed by atoms with Crippen LogP contribution in [0.5, 0.6) is 0 Å². The molecule has 1 nitrogen and oxygen atoms in total. The zero-order valence-corrected chi connectivity index (χ0v) is 12.4. The zero-order chi connectivity index (χ0) is 14.3. The maximum Gasteiger partial charge on any atom is 0.141 e. The van der Waals surface area contributed by atoms with E-state index in [4.69, 9.17) is 11.6 Å². The molecule has 0 atom stereocenters. The van der Waals surface area contributed by atoms with Gasteiger partial charge in [0.25, 0.3) is 0 Å². The Labute approximate surface area is 125 Å². The van der Waals surface area contributed by atoms with Crippen LogP contribution in [0.25, 0.3) is 26.9 Å². The smallest absolute Gasteiger partial charge is 0.141 e. The predicted molar refractivity (Wildman–Crippen MR) is 84.7 cm³/mol. The topological polar surface area (TPSA) is 12.9 Å². The lowest BCUT2D eigenvalue weighted by Gasteiger charge is -2.05. The highest BCUT2D eigenvalue weighted by Crippen LogP contribution is 2.35. The van der Waals surface area contributed by atoms with Crippen LogP contribution in [0.4, 0.5) is 4.39 Å². The molecule has 4 heteroatoms. The van der Waals surface area contributed by atoms with Crippen molar-refractivity contribution in [3.63, 3.8) is 0 Å². The molecule has 20 heavy (non-hydrogen) atoms. The third kappa shape index (κ3) is 2.23. The van der Waals surface area contributed by atoms with Crippen molar-refractivity contribution in [2.75, 3.05) is 0 Å². The summed E-state index contributed by atoms with van der Waals surface area (Å²) in [5.74, 6) is -0.207. The third-order valence-corrected chi connectivity index (χ3v) is 4.28. The van der Waals surface area contributed by atoms with Gasteiger partial charge in [0.15, 0.2) is 0 Å². The molecule has 0 unspecified atom stereocenters. The molecular weight excluding hydrogens is 293 g/mol. The van der Waals surface area contributed by atoms with Crippen molar-refractivity contribution in [2.24, 2.45) is 0 Å². The minimum absolute atomic E-state index is 0.207. The van der Waals surface area contributed by atoms with Gasteiger partial charge in [0.2, 0.25) is 0 Å². The van der Waals surface area contributed by atoms with E-state index >= 15 is 0 Å². The first-order valence-corrected chi connectivity index (χ1v) is 7.31. The molecule has 100 valence electrons. The number of halogens is 2. The maximum atomic E-state index is 13.8. The summed E-state index contributed by atoms with van der Waals surface area (Å²) in [5.41, 5.74) is 3.24. The first-order valence-electron chi connectivity index (χ1n) is 6.06. The Morgan fingerprint density at radius 2 is 2.15 bits per heavy atom. The van der Waals surface area contributed by atoms with Crippen molar-refractivity contribution < 1.29 is 4.39 Å². The lowest BCUT2D eigenvalue weighted by atomic mass is 10.1. The molecule has 0 N–H and O–H groups in total. The van der Waals surface area contributed by atoms with Gasteiger partial charge in [-0.1, -0.05) is 30.3 Å². The number of nitrogens with zero attached hydrogens (tertiary/aromatic N) is 1. The number of benzene rings is 1. The number of thiophene rings is 1. The molecule has 0 aliphatic carbocycles. The van der Waals surface area contributed by atoms with E-state index < -0.39 is 0 Å².